The fourth-order valence-corrected chi connectivity index (χ4v) is 3.17. The van der Waals surface area contributed by atoms with E-state index >= 15 is 0 Å². The maximum Gasteiger partial charge on any atom is 0.191 e. The number of nitrogens with one attached hydrogen (secondary N) is 2. The van der Waals surface area contributed by atoms with Crippen molar-refractivity contribution in [1.29, 1.82) is 0 Å². The summed E-state index contributed by atoms with van der Waals surface area (Å²) >= 11 is 6.22. The lowest BCUT2D eigenvalue weighted by Gasteiger charge is -2.25. The van der Waals surface area contributed by atoms with Crippen molar-refractivity contribution >= 4 is 41.5 Å². The Morgan fingerprint density at radius 3 is 2.96 bits per heavy atom. The molecule has 1 unspecified atom stereocenters. The van der Waals surface area contributed by atoms with Gasteiger partial charge in [0.15, 0.2) is 11.8 Å². The highest BCUT2D eigenvalue weighted by Crippen LogP contribution is 2.16. The first-order valence-electron chi connectivity index (χ1n) is 8.89. The van der Waals surface area contributed by atoms with Gasteiger partial charge in [-0.2, -0.15) is 5.10 Å². The van der Waals surface area contributed by atoms with Gasteiger partial charge < -0.3 is 15.4 Å². The normalized spacial score (nSPS) is 16.4. The van der Waals surface area contributed by atoms with E-state index in [-0.39, 0.29) is 30.0 Å². The predicted octanol–water partition coefficient (Wildman–Crippen LogP) is 2.77. The predicted molar refractivity (Wildman–Crippen MR) is 118 cm³/mol. The third kappa shape index (κ3) is 6.05. The Morgan fingerprint density at radius 2 is 2.22 bits per heavy atom. The van der Waals surface area contributed by atoms with Crippen molar-refractivity contribution in [2.24, 2.45) is 4.99 Å². The monoisotopic (exact) mass is 504 g/mol. The standard InChI is InChI=1S/C18H25ClN6O.HI/c1-3-20-18(21-10-13-6-4-5-7-15(13)19)22-14-8-9-17-23-16(12-26-2)24-25(17)11-14;/h4-7,14H,3,8-12H2,1-2H3,(H2,20,21,22);1H. The lowest BCUT2D eigenvalue weighted by Crippen LogP contribution is -2.47. The molecule has 0 aliphatic carbocycles. The second-order valence-corrected chi connectivity index (χ2v) is 6.63. The second kappa shape index (κ2) is 10.8. The number of guanidine groups is 1. The Labute approximate surface area is 182 Å². The summed E-state index contributed by atoms with van der Waals surface area (Å²) in [4.78, 5) is 9.19. The molecule has 3 rings (SSSR count). The highest BCUT2D eigenvalue weighted by Gasteiger charge is 2.22. The van der Waals surface area contributed by atoms with Crippen LogP contribution in [0.15, 0.2) is 29.3 Å². The summed E-state index contributed by atoms with van der Waals surface area (Å²) in [7, 11) is 1.66. The van der Waals surface area contributed by atoms with Gasteiger partial charge in [0.05, 0.1) is 13.1 Å². The van der Waals surface area contributed by atoms with Crippen molar-refractivity contribution in [2.45, 2.75) is 45.5 Å². The number of aryl methyl sites for hydroxylation is 1. The van der Waals surface area contributed by atoms with Crippen LogP contribution in [0.1, 0.15) is 30.6 Å². The molecule has 0 saturated carbocycles. The van der Waals surface area contributed by atoms with Crippen molar-refractivity contribution in [2.75, 3.05) is 13.7 Å². The molecule has 2 aromatic rings. The Morgan fingerprint density at radius 1 is 1.41 bits per heavy atom. The van der Waals surface area contributed by atoms with Crippen molar-refractivity contribution in [3.63, 3.8) is 0 Å². The van der Waals surface area contributed by atoms with Crippen LogP contribution >= 0.6 is 35.6 Å². The highest BCUT2D eigenvalue weighted by atomic mass is 127. The SMILES string of the molecule is CCNC(=NCc1ccccc1Cl)NC1CCc2nc(COC)nn2C1.I. The molecule has 1 atom stereocenters. The molecule has 2 heterocycles. The average Bonchev–Trinajstić information content (AvgIpc) is 3.03. The summed E-state index contributed by atoms with van der Waals surface area (Å²) < 4.78 is 7.08. The zero-order valence-corrected chi connectivity index (χ0v) is 18.7. The van der Waals surface area contributed by atoms with E-state index in [1.165, 1.54) is 0 Å². The minimum Gasteiger partial charge on any atom is -0.377 e. The van der Waals surface area contributed by atoms with Crippen LogP contribution in [0.5, 0.6) is 0 Å². The van der Waals surface area contributed by atoms with Crippen molar-refractivity contribution in [1.82, 2.24) is 25.4 Å². The molecule has 148 valence electrons. The maximum absolute atomic E-state index is 6.22. The van der Waals surface area contributed by atoms with Gasteiger partial charge in [-0.05, 0) is 25.0 Å². The molecule has 0 amide bonds. The van der Waals surface area contributed by atoms with Gasteiger partial charge in [-0.1, -0.05) is 29.8 Å². The molecule has 1 aromatic carbocycles. The maximum atomic E-state index is 6.22. The van der Waals surface area contributed by atoms with Gasteiger partial charge in [-0.3, -0.25) is 0 Å². The quantitative estimate of drug-likeness (QED) is 0.359. The van der Waals surface area contributed by atoms with Gasteiger partial charge in [0, 0.05) is 31.1 Å². The summed E-state index contributed by atoms with van der Waals surface area (Å²) in [5, 5.41) is 12.1. The lowest BCUT2D eigenvalue weighted by molar-refractivity contribution is 0.177. The molecule has 27 heavy (non-hydrogen) atoms. The molecule has 9 heteroatoms. The van der Waals surface area contributed by atoms with E-state index in [0.29, 0.717) is 13.2 Å². The van der Waals surface area contributed by atoms with Crippen LogP contribution in [0.3, 0.4) is 0 Å². The van der Waals surface area contributed by atoms with Crippen LogP contribution < -0.4 is 10.6 Å². The zero-order chi connectivity index (χ0) is 18.4. The Balaban J connectivity index is 0.00000261. The summed E-state index contributed by atoms with van der Waals surface area (Å²) in [5.41, 5.74) is 1.01. The molecule has 1 aromatic heterocycles. The molecule has 0 spiro atoms. The number of methoxy groups -OCH3 is 1. The number of nitrogens with zero attached hydrogens (tertiary/aromatic N) is 4. The van der Waals surface area contributed by atoms with Crippen LogP contribution in [-0.2, 0) is 30.9 Å². The topological polar surface area (TPSA) is 76.4 Å². The van der Waals surface area contributed by atoms with E-state index in [0.717, 1.165) is 54.1 Å². The Kier molecular flexibility index (Phi) is 8.78. The number of benzene rings is 1. The van der Waals surface area contributed by atoms with Crippen molar-refractivity contribution in [3.05, 3.63) is 46.5 Å². The molecule has 1 aliphatic rings. The molecule has 2 N–H and O–H groups in total. The van der Waals surface area contributed by atoms with Crippen molar-refractivity contribution < 1.29 is 4.74 Å². The van der Waals surface area contributed by atoms with Gasteiger partial charge in [0.2, 0.25) is 0 Å². The first-order valence-corrected chi connectivity index (χ1v) is 9.27. The molecule has 7 nitrogen and oxygen atoms in total. The zero-order valence-electron chi connectivity index (χ0n) is 15.6. The number of aromatic nitrogens is 3. The highest BCUT2D eigenvalue weighted by molar-refractivity contribution is 14.0. The number of hydrogen-bond donors (Lipinski definition) is 2. The number of halogens is 2. The molecule has 0 saturated heterocycles. The molecule has 0 fully saturated rings. The Hall–Kier alpha value is -1.39. The van der Waals surface area contributed by atoms with Gasteiger partial charge in [0.25, 0.3) is 0 Å². The average molecular weight is 505 g/mol. The smallest absolute Gasteiger partial charge is 0.191 e. The van der Waals surface area contributed by atoms with Gasteiger partial charge in [0.1, 0.15) is 12.4 Å². The number of rotatable bonds is 6. The number of aliphatic imine (C=N–C) groups is 1. The summed E-state index contributed by atoms with van der Waals surface area (Å²) in [6.45, 7) is 4.60. The van der Waals surface area contributed by atoms with E-state index < -0.39 is 0 Å². The minimum absolute atomic E-state index is 0. The summed E-state index contributed by atoms with van der Waals surface area (Å²) in [6.07, 6.45) is 1.87. The summed E-state index contributed by atoms with van der Waals surface area (Å²) in [5.74, 6) is 2.55. The van der Waals surface area contributed by atoms with Crippen LogP contribution in [0.25, 0.3) is 0 Å². The first kappa shape index (κ1) is 21.9. The fraction of sp³-hybridized carbons (Fsp3) is 0.500. The number of ether oxygens (including phenoxy) is 1. The lowest BCUT2D eigenvalue weighted by atomic mass is 10.1. The van der Waals surface area contributed by atoms with E-state index in [1.54, 1.807) is 7.11 Å². The molecular formula is C18H26ClIN6O. The van der Waals surface area contributed by atoms with Crippen LogP contribution in [0.4, 0.5) is 0 Å². The van der Waals surface area contributed by atoms with Crippen molar-refractivity contribution in [3.8, 4) is 0 Å². The van der Waals surface area contributed by atoms with Crippen LogP contribution in [0, 0.1) is 0 Å². The van der Waals surface area contributed by atoms with E-state index in [1.807, 2.05) is 28.9 Å². The number of fused-ring (bicyclic) bond motifs is 1. The van der Waals surface area contributed by atoms with E-state index in [9.17, 15) is 0 Å². The van der Waals surface area contributed by atoms with Gasteiger partial charge in [-0.25, -0.2) is 14.7 Å². The van der Waals surface area contributed by atoms with Gasteiger partial charge >= 0.3 is 0 Å². The van der Waals surface area contributed by atoms with Crippen LogP contribution in [-0.4, -0.2) is 40.4 Å². The number of hydrogen-bond acceptors (Lipinski definition) is 4. The first-order chi connectivity index (χ1) is 12.7. The van der Waals surface area contributed by atoms with Gasteiger partial charge in [-0.15, -0.1) is 24.0 Å². The van der Waals surface area contributed by atoms with E-state index in [2.05, 4.69) is 32.6 Å². The minimum atomic E-state index is 0. The fourth-order valence-electron chi connectivity index (χ4n) is 2.97. The second-order valence-electron chi connectivity index (χ2n) is 6.23. The molecule has 0 radical (unpaired) electrons. The third-order valence-electron chi connectivity index (χ3n) is 4.23. The Bertz CT molecular complexity index is 766. The summed E-state index contributed by atoms with van der Waals surface area (Å²) in [6, 6.07) is 8.03. The third-order valence-corrected chi connectivity index (χ3v) is 4.59. The molecular weight excluding hydrogens is 479 g/mol. The van der Waals surface area contributed by atoms with E-state index in [4.69, 9.17) is 16.3 Å². The van der Waals surface area contributed by atoms with Crippen LogP contribution in [0.2, 0.25) is 5.02 Å². The molecule has 0 bridgehead atoms. The molecule has 1 aliphatic heterocycles. The largest absolute Gasteiger partial charge is 0.377 e.